The minimum atomic E-state index is -1.11. The lowest BCUT2D eigenvalue weighted by atomic mass is 9.74. The van der Waals surface area contributed by atoms with Gasteiger partial charge in [-0.3, -0.25) is 14.4 Å². The van der Waals surface area contributed by atoms with Gasteiger partial charge in [0.25, 0.3) is 0 Å². The molecule has 2 N–H and O–H groups in total. The molecule has 1 aliphatic carbocycles. The number of likely N-dealkylation sites (tertiary alicyclic amines) is 2. The highest BCUT2D eigenvalue weighted by atomic mass is 79.9. The Morgan fingerprint density at radius 1 is 1.02 bits per heavy atom. The number of ether oxygens (including phenoxy) is 1. The van der Waals surface area contributed by atoms with Gasteiger partial charge in [-0.1, -0.05) is 54.3 Å². The molecule has 4 aliphatic heterocycles. The van der Waals surface area contributed by atoms with Crippen LogP contribution in [0.4, 0.5) is 5.69 Å². The first-order valence-corrected chi connectivity index (χ1v) is 15.9. The highest BCUT2D eigenvalue weighted by Gasteiger charge is 2.72. The van der Waals surface area contributed by atoms with E-state index in [2.05, 4.69) is 38.4 Å². The third-order valence-electron chi connectivity index (χ3n) is 9.74. The Labute approximate surface area is 245 Å². The monoisotopic (exact) mass is 612 g/mol. The summed E-state index contributed by atoms with van der Waals surface area (Å²) in [4.78, 5) is 45.9. The molecule has 0 radical (unpaired) electrons. The van der Waals surface area contributed by atoms with Crippen LogP contribution in [0.25, 0.3) is 0 Å². The molecule has 6 rings (SSSR count). The molecular weight excluding hydrogens is 572 g/mol. The lowest BCUT2D eigenvalue weighted by Gasteiger charge is -2.35. The molecule has 5 atom stereocenters. The first kappa shape index (κ1) is 27.9. The van der Waals surface area contributed by atoms with Crippen molar-refractivity contribution in [3.05, 3.63) is 40.9 Å². The average Bonchev–Trinajstić information content (AvgIpc) is 3.59. The Hall–Kier alpha value is -2.23. The van der Waals surface area contributed by atoms with Crippen LogP contribution in [-0.2, 0) is 19.1 Å². The Morgan fingerprint density at radius 2 is 1.75 bits per heavy atom. The largest absolute Gasteiger partial charge is 0.359 e. The Balaban J connectivity index is 1.22. The molecule has 1 spiro atoms. The van der Waals surface area contributed by atoms with Crippen molar-refractivity contribution in [3.63, 3.8) is 0 Å². The second-order valence-electron chi connectivity index (χ2n) is 12.5. The number of nitrogens with one attached hydrogen (secondary N) is 2. The second kappa shape index (κ2) is 11.6. The molecule has 216 valence electrons. The van der Waals surface area contributed by atoms with Gasteiger partial charge in [0, 0.05) is 22.7 Å². The van der Waals surface area contributed by atoms with Gasteiger partial charge in [-0.25, -0.2) is 0 Å². The van der Waals surface area contributed by atoms with Crippen molar-refractivity contribution in [1.82, 2.24) is 15.1 Å². The Kier molecular flexibility index (Phi) is 8.07. The lowest BCUT2D eigenvalue weighted by molar-refractivity contribution is -0.141. The van der Waals surface area contributed by atoms with E-state index >= 15 is 0 Å². The molecule has 0 unspecified atom stereocenters. The van der Waals surface area contributed by atoms with Crippen molar-refractivity contribution in [1.29, 1.82) is 0 Å². The van der Waals surface area contributed by atoms with Gasteiger partial charge in [-0.05, 0) is 81.9 Å². The maximum atomic E-state index is 14.1. The zero-order valence-electron chi connectivity index (χ0n) is 23.3. The van der Waals surface area contributed by atoms with E-state index < -0.39 is 29.6 Å². The predicted octanol–water partition coefficient (Wildman–Crippen LogP) is 4.11. The summed E-state index contributed by atoms with van der Waals surface area (Å²) in [6.07, 6.45) is 11.8. The molecule has 3 amide bonds. The maximum absolute atomic E-state index is 14.1. The number of rotatable bonds is 8. The van der Waals surface area contributed by atoms with E-state index in [0.717, 1.165) is 62.1 Å². The van der Waals surface area contributed by atoms with Crippen LogP contribution < -0.4 is 10.6 Å². The van der Waals surface area contributed by atoms with Crippen LogP contribution in [0, 0.1) is 17.8 Å². The molecule has 3 saturated heterocycles. The lowest BCUT2D eigenvalue weighted by Crippen LogP contribution is -2.56. The van der Waals surface area contributed by atoms with Crippen LogP contribution in [0.2, 0.25) is 0 Å². The van der Waals surface area contributed by atoms with E-state index in [4.69, 9.17) is 4.74 Å². The van der Waals surface area contributed by atoms with E-state index in [-0.39, 0.29) is 23.8 Å². The van der Waals surface area contributed by atoms with Crippen LogP contribution in [0.5, 0.6) is 0 Å². The summed E-state index contributed by atoms with van der Waals surface area (Å²) < 4.78 is 7.41. The summed E-state index contributed by atoms with van der Waals surface area (Å²) in [6.45, 7) is 5.85. The van der Waals surface area contributed by atoms with Crippen molar-refractivity contribution >= 4 is 39.3 Å². The average molecular weight is 614 g/mol. The molecule has 4 heterocycles. The van der Waals surface area contributed by atoms with Crippen LogP contribution in [-0.4, -0.2) is 77.5 Å². The molecule has 1 aromatic rings. The number of piperidine rings is 1. The number of fused-ring (bicyclic) bond motifs is 1. The standard InChI is InChI=1S/C31H41BrN4O4/c1-20-13-18-35(19-14-20)16-5-17-36-27(29(38)34-22-6-3-2-4-7-22)31-15-12-24(40-31)25(26(31)30(36)39)28(37)33-23-10-8-21(32)9-11-23/h8-12,15,20,22,24-27H,2-7,13-14,16-19H2,1H3,(H,33,37)(H,34,38)/t24-,25-,26-,27-,31-/m0/s1. The fraction of sp³-hybridized carbons (Fsp3) is 0.645. The van der Waals surface area contributed by atoms with Crippen molar-refractivity contribution in [2.75, 3.05) is 31.5 Å². The molecule has 9 heteroatoms. The maximum Gasteiger partial charge on any atom is 0.246 e. The highest BCUT2D eigenvalue weighted by molar-refractivity contribution is 9.10. The number of carbonyl (C=O) groups is 3. The van der Waals surface area contributed by atoms with Gasteiger partial charge < -0.3 is 25.2 Å². The molecule has 1 saturated carbocycles. The van der Waals surface area contributed by atoms with Gasteiger partial charge in [0.2, 0.25) is 17.7 Å². The summed E-state index contributed by atoms with van der Waals surface area (Å²) in [5.41, 5.74) is -0.443. The number of nitrogens with zero attached hydrogens (tertiary/aromatic N) is 2. The van der Waals surface area contributed by atoms with Crippen molar-refractivity contribution < 1.29 is 19.1 Å². The number of carbonyl (C=O) groups excluding carboxylic acids is 3. The fourth-order valence-electron chi connectivity index (χ4n) is 7.54. The number of halogens is 1. The van der Waals surface area contributed by atoms with E-state index in [1.165, 1.54) is 19.3 Å². The molecule has 0 aromatic heterocycles. The second-order valence-corrected chi connectivity index (χ2v) is 13.4. The van der Waals surface area contributed by atoms with Crippen molar-refractivity contribution in [3.8, 4) is 0 Å². The number of hydrogen-bond acceptors (Lipinski definition) is 5. The predicted molar refractivity (Wildman–Crippen MR) is 156 cm³/mol. The van der Waals surface area contributed by atoms with E-state index in [9.17, 15) is 14.4 Å². The third kappa shape index (κ3) is 5.25. The zero-order valence-corrected chi connectivity index (χ0v) is 24.9. The molecule has 5 aliphatic rings. The molecule has 2 bridgehead atoms. The molecule has 8 nitrogen and oxygen atoms in total. The van der Waals surface area contributed by atoms with Gasteiger partial charge in [0.15, 0.2) is 0 Å². The molecule has 1 aromatic carbocycles. The molecular formula is C31H41BrN4O4. The normalized spacial score (nSPS) is 32.5. The first-order chi connectivity index (χ1) is 19.4. The molecule has 4 fully saturated rings. The minimum absolute atomic E-state index is 0.128. The first-order valence-electron chi connectivity index (χ1n) is 15.1. The number of anilines is 1. The smallest absolute Gasteiger partial charge is 0.246 e. The summed E-state index contributed by atoms with van der Waals surface area (Å²) in [5, 5.41) is 6.26. The summed E-state index contributed by atoms with van der Waals surface area (Å²) in [6, 6.07) is 6.75. The number of amides is 3. The van der Waals surface area contributed by atoms with E-state index in [0.29, 0.717) is 12.2 Å². The summed E-state index contributed by atoms with van der Waals surface area (Å²) >= 11 is 3.43. The third-order valence-corrected chi connectivity index (χ3v) is 10.3. The van der Waals surface area contributed by atoms with Gasteiger partial charge in [0.1, 0.15) is 11.6 Å². The quantitative estimate of drug-likeness (QED) is 0.431. The SMILES string of the molecule is CC1CCN(CCCN2C(=O)[C@@H]3[C@@H](C(=O)Nc4ccc(Br)cc4)[C@@H]4C=C[C@@]3(O4)[C@@H]2C(=O)NC2CCCCC2)CC1. The van der Waals surface area contributed by atoms with Crippen LogP contribution >= 0.6 is 15.9 Å². The number of hydrogen-bond donors (Lipinski definition) is 2. The Bertz CT molecular complexity index is 1140. The van der Waals surface area contributed by atoms with Crippen molar-refractivity contribution in [2.24, 2.45) is 17.8 Å². The highest BCUT2D eigenvalue weighted by Crippen LogP contribution is 2.55. The Morgan fingerprint density at radius 3 is 2.48 bits per heavy atom. The summed E-state index contributed by atoms with van der Waals surface area (Å²) in [7, 11) is 0. The van der Waals surface area contributed by atoms with Gasteiger partial charge in [-0.2, -0.15) is 0 Å². The topological polar surface area (TPSA) is 91.0 Å². The summed E-state index contributed by atoms with van der Waals surface area (Å²) in [5.74, 6) is -1.15. The minimum Gasteiger partial charge on any atom is -0.359 e. The van der Waals surface area contributed by atoms with Crippen molar-refractivity contribution in [2.45, 2.75) is 82.1 Å². The van der Waals surface area contributed by atoms with Crippen LogP contribution in [0.3, 0.4) is 0 Å². The van der Waals surface area contributed by atoms with Gasteiger partial charge in [-0.15, -0.1) is 0 Å². The van der Waals surface area contributed by atoms with Gasteiger partial charge in [0.05, 0.1) is 17.9 Å². The zero-order chi connectivity index (χ0) is 27.9. The van der Waals surface area contributed by atoms with E-state index in [1.807, 2.05) is 36.4 Å². The fourth-order valence-corrected chi connectivity index (χ4v) is 7.81. The molecule has 40 heavy (non-hydrogen) atoms. The van der Waals surface area contributed by atoms with Crippen LogP contribution in [0.1, 0.15) is 58.3 Å². The van der Waals surface area contributed by atoms with Gasteiger partial charge >= 0.3 is 0 Å². The number of benzene rings is 1. The van der Waals surface area contributed by atoms with Crippen LogP contribution in [0.15, 0.2) is 40.9 Å². The van der Waals surface area contributed by atoms with E-state index in [1.54, 1.807) is 4.90 Å².